The molecule has 0 N–H and O–H groups in total. The molecule has 0 unspecified atom stereocenters. The molecule has 0 amide bonds. The van der Waals surface area contributed by atoms with Crippen molar-refractivity contribution < 1.29 is 77.2 Å². The third-order valence-electron chi connectivity index (χ3n) is 0. The molecule has 0 saturated carbocycles. The van der Waals surface area contributed by atoms with Gasteiger partial charge in [0.2, 0.25) is 0 Å². The number of hydrogen-bond acceptors (Lipinski definition) is 12. The summed E-state index contributed by atoms with van der Waals surface area (Å²) >= 11 is 0. The minimum atomic E-state index is -5.39. The third-order valence-corrected chi connectivity index (χ3v) is 0. The van der Waals surface area contributed by atoms with Gasteiger partial charge in [-0.25, -0.2) is 0 Å². The molecular formula is AlCaO12P3SrZn. The van der Waals surface area contributed by atoms with E-state index in [0.29, 0.717) is 0 Å². The fourth-order valence-electron chi connectivity index (χ4n) is 0. The molecule has 96 valence electrons. The Bertz CT molecular complexity index is 219. The molecule has 0 aliphatic heterocycles. The van der Waals surface area contributed by atoms with E-state index in [9.17, 15) is 0 Å². The van der Waals surface area contributed by atoms with E-state index in [2.05, 4.69) is 0 Å². The number of phosphoric acid groups is 3. The molecule has 19 heteroatoms. The standard InChI is InChI=1S/Al.Ca.3H3O4P.Sr.Zn/c;;3*1-5(2,3)4;;/h;;3*(H3,1,2,3,4);;/q+3;+2;;;;2*+2/p-9. The van der Waals surface area contributed by atoms with Crippen molar-refractivity contribution >= 4 is 124 Å². The zero-order valence-electron chi connectivity index (χ0n) is 8.94. The van der Waals surface area contributed by atoms with Gasteiger partial charge < -0.3 is 57.7 Å². The molecule has 0 aromatic rings. The fraction of sp³-hybridized carbons (Fsp3) is 0. The average molecular weight is 505 g/mol. The Morgan fingerprint density at radius 2 is 0.526 bits per heavy atom. The molecule has 0 aromatic carbocycles. The van der Waals surface area contributed by atoms with Crippen molar-refractivity contribution in [2.75, 3.05) is 0 Å². The van der Waals surface area contributed by atoms with Gasteiger partial charge in [0, 0.05) is 0 Å². The summed E-state index contributed by atoms with van der Waals surface area (Å²) in [6.07, 6.45) is 0. The summed E-state index contributed by atoms with van der Waals surface area (Å²) in [5, 5.41) is 0. The Hall–Kier alpha value is 4.23. The van der Waals surface area contributed by atoms with Crippen molar-refractivity contribution in [1.82, 2.24) is 0 Å². The summed E-state index contributed by atoms with van der Waals surface area (Å²) in [5.74, 6) is 0. The summed E-state index contributed by atoms with van der Waals surface area (Å²) in [4.78, 5) is 76.9. The van der Waals surface area contributed by atoms with Crippen molar-refractivity contribution in [2.24, 2.45) is 0 Å². The van der Waals surface area contributed by atoms with Crippen LogP contribution < -0.4 is 44.0 Å². The molecule has 0 radical (unpaired) electrons. The van der Waals surface area contributed by atoms with Gasteiger partial charge in [-0.3, -0.25) is 0 Å². The van der Waals surface area contributed by atoms with E-state index in [1.54, 1.807) is 0 Å². The predicted octanol–water partition coefficient (Wildman–Crippen LogP) is -9.62. The molecule has 19 heavy (non-hydrogen) atoms. The van der Waals surface area contributed by atoms with Crippen LogP contribution in [0.1, 0.15) is 0 Å². The minimum Gasteiger partial charge on any atom is -0.822 e. The first-order valence-electron chi connectivity index (χ1n) is 2.19. The molecule has 0 rings (SSSR count). The maximum atomic E-state index is 8.55. The van der Waals surface area contributed by atoms with Crippen molar-refractivity contribution in [3.8, 4) is 0 Å². The second-order valence-corrected chi connectivity index (χ2v) is 4.02. The summed E-state index contributed by atoms with van der Waals surface area (Å²) in [6, 6.07) is 0. The largest absolute Gasteiger partial charge is 3.00 e. The van der Waals surface area contributed by atoms with Gasteiger partial charge in [-0.15, -0.1) is 0 Å². The smallest absolute Gasteiger partial charge is 0.822 e. The van der Waals surface area contributed by atoms with Gasteiger partial charge in [0.25, 0.3) is 0 Å². The SMILES string of the molecule is O=P([O-])([O-])[O-].O=P([O-])([O-])[O-].O=P([O-])([O-])[O-].[Al+3].[Ca+2].[Sr+2].[Zn+2]. The van der Waals surface area contributed by atoms with Crippen molar-refractivity contribution in [3.63, 3.8) is 0 Å². The van der Waals surface area contributed by atoms with Gasteiger partial charge in [0.1, 0.15) is 0 Å². The molecule has 0 aliphatic rings. The van der Waals surface area contributed by atoms with Crippen LogP contribution in [0, 0.1) is 0 Å². The van der Waals surface area contributed by atoms with Crippen LogP contribution in [0.4, 0.5) is 0 Å². The second-order valence-electron chi connectivity index (χ2n) is 1.34. The van der Waals surface area contributed by atoms with Crippen LogP contribution in [0.5, 0.6) is 0 Å². The van der Waals surface area contributed by atoms with E-state index in [1.165, 1.54) is 0 Å². The molecule has 0 spiro atoms. The van der Waals surface area contributed by atoms with E-state index in [1.807, 2.05) is 0 Å². The molecule has 0 aliphatic carbocycles. The summed E-state index contributed by atoms with van der Waals surface area (Å²) < 4.78 is 25.6. The van der Waals surface area contributed by atoms with E-state index >= 15 is 0 Å². The first-order chi connectivity index (χ1) is 6.00. The van der Waals surface area contributed by atoms with Crippen LogP contribution in [0.25, 0.3) is 0 Å². The minimum absolute atomic E-state index is 0. The van der Waals surface area contributed by atoms with Crippen LogP contribution >= 0.6 is 23.5 Å². The third kappa shape index (κ3) is 509. The van der Waals surface area contributed by atoms with E-state index < -0.39 is 23.5 Å². The van der Waals surface area contributed by atoms with Gasteiger partial charge >= 0.3 is 120 Å². The first kappa shape index (κ1) is 43.6. The molecular weight excluding hydrogens is 505 g/mol. The zero-order chi connectivity index (χ0) is 13.5. The van der Waals surface area contributed by atoms with Gasteiger partial charge in [-0.05, 0) is 0 Å². The number of rotatable bonds is 0. The van der Waals surface area contributed by atoms with Gasteiger partial charge in [-0.2, -0.15) is 23.5 Å². The maximum Gasteiger partial charge on any atom is 3.00 e. The average Bonchev–Trinajstić information content (AvgIpc) is 1.41. The fourth-order valence-corrected chi connectivity index (χ4v) is 0. The van der Waals surface area contributed by atoms with Crippen LogP contribution in [0.2, 0.25) is 0 Å². The quantitative estimate of drug-likeness (QED) is 0.220. The molecule has 0 fully saturated rings. The summed E-state index contributed by atoms with van der Waals surface area (Å²) in [6.45, 7) is 0. The van der Waals surface area contributed by atoms with Crippen LogP contribution in [-0.2, 0) is 33.2 Å². The van der Waals surface area contributed by atoms with Crippen molar-refractivity contribution in [2.45, 2.75) is 0 Å². The molecule has 12 nitrogen and oxygen atoms in total. The van der Waals surface area contributed by atoms with Crippen molar-refractivity contribution in [3.05, 3.63) is 0 Å². The molecule has 0 aromatic heterocycles. The van der Waals surface area contributed by atoms with Gasteiger partial charge in [-0.1, -0.05) is 0 Å². The van der Waals surface area contributed by atoms with E-state index in [-0.39, 0.29) is 120 Å². The Morgan fingerprint density at radius 1 is 0.526 bits per heavy atom. The Labute approximate surface area is 197 Å². The number of hydrogen-bond donors (Lipinski definition) is 0. The van der Waals surface area contributed by atoms with Crippen LogP contribution in [0.15, 0.2) is 0 Å². The summed E-state index contributed by atoms with van der Waals surface area (Å²) in [5.41, 5.74) is 0. The van der Waals surface area contributed by atoms with Crippen molar-refractivity contribution in [1.29, 1.82) is 0 Å². The molecule has 0 heterocycles. The molecule has 0 bridgehead atoms. The molecule has 0 saturated heterocycles. The van der Waals surface area contributed by atoms with Crippen LogP contribution in [0.3, 0.4) is 0 Å². The monoisotopic (exact) mass is 504 g/mol. The zero-order valence-corrected chi connectivity index (χ0v) is 21.4. The maximum absolute atomic E-state index is 8.55. The summed E-state index contributed by atoms with van der Waals surface area (Å²) in [7, 11) is -16.2. The van der Waals surface area contributed by atoms with E-state index in [4.69, 9.17) is 57.7 Å². The Morgan fingerprint density at radius 3 is 0.526 bits per heavy atom. The second kappa shape index (κ2) is 20.3. The topological polar surface area (TPSA) is 259 Å². The van der Waals surface area contributed by atoms with E-state index in [0.717, 1.165) is 0 Å². The van der Waals surface area contributed by atoms with Gasteiger partial charge in [0.05, 0.1) is 0 Å². The predicted molar refractivity (Wildman–Crippen MR) is 40.1 cm³/mol. The first-order valence-corrected chi connectivity index (χ1v) is 6.57. The normalized spacial score (nSPS) is 9.32. The Kier molecular flexibility index (Phi) is 46.5. The van der Waals surface area contributed by atoms with Gasteiger partial charge in [0.15, 0.2) is 0 Å². The Balaban J connectivity index is -0.0000000206. The molecule has 0 atom stereocenters. The van der Waals surface area contributed by atoms with Crippen LogP contribution in [-0.4, -0.2) is 101 Å².